The van der Waals surface area contributed by atoms with Gasteiger partial charge in [0.1, 0.15) is 12.0 Å². The van der Waals surface area contributed by atoms with Gasteiger partial charge in [-0.1, -0.05) is 98.9 Å². The number of nitrogens with two attached hydrogens (primary N) is 1. The molecule has 0 saturated carbocycles. The highest BCUT2D eigenvalue weighted by atomic mass is 16.7. The second-order valence-corrected chi connectivity index (χ2v) is 17.5. The third-order valence-electron chi connectivity index (χ3n) is 11.7. The lowest BCUT2D eigenvalue weighted by Gasteiger charge is -2.45. The first kappa shape index (κ1) is 58.6. The van der Waals surface area contributed by atoms with E-state index < -0.39 is 141 Å². The van der Waals surface area contributed by atoms with E-state index in [2.05, 4.69) is 0 Å². The molecule has 15 N–H and O–H groups in total. The SMILES string of the molecule is CC1OC(O[C@@H](/C=C/C=C/C=C/C=C/C=C/C=C/C=C/[C@H](C)[C@@H](O)[C@@H](C)[C@H](C)O)C[C@@H]2O[C@](O)(C[C@@H](O)C[C@@H](O)[C@H](O)CC[C@@H](O)C[C@@H](O)CC(=O)O)C[C@H](O)[C@H]2C(=O)O)C(O)C(N)C1O. The maximum Gasteiger partial charge on any atom is 0.311 e. The standard InChI is InChI=1S/C47H75NO18/c1-27(42(58)28(2)29(3)49)17-15-13-11-9-7-5-6-8-10-12-14-16-18-34(65-46-44(60)41(48)43(59)30(4)64-46)24-38-40(45(61)62)37(55)26-47(63,66-38)25-33(52)22-36(54)35(53)20-19-31(50)21-32(51)23-39(56)57/h5-18,27-38,40-44,46,49-55,58-60,63H,19-26,48H2,1-4H3,(H,56,57)(H,61,62)/b6-5+,9-7+,10-8+,13-11+,14-12+,17-15+,18-16+/t27-,28-,29-,30?,31+,32+,33-,34-,35+,36+,37-,38-,40+,41?,42+,43?,44?,46?,47+/m0/s1. The van der Waals surface area contributed by atoms with Gasteiger partial charge in [0.15, 0.2) is 12.1 Å². The lowest BCUT2D eigenvalue weighted by molar-refractivity contribution is -0.308. The number of aliphatic carboxylic acids is 2. The Balaban J connectivity index is 2.14. The summed E-state index contributed by atoms with van der Waals surface area (Å²) >= 11 is 0. The van der Waals surface area contributed by atoms with Crippen LogP contribution in [0.15, 0.2) is 85.1 Å². The van der Waals surface area contributed by atoms with Gasteiger partial charge in [-0.2, -0.15) is 0 Å². The summed E-state index contributed by atoms with van der Waals surface area (Å²) in [6.07, 6.45) is 3.39. The summed E-state index contributed by atoms with van der Waals surface area (Å²) in [5, 5.41) is 134. The third kappa shape index (κ3) is 20.8. The molecule has 2 heterocycles. The van der Waals surface area contributed by atoms with E-state index in [4.69, 9.17) is 25.1 Å². The number of allylic oxidation sites excluding steroid dienone is 12. The molecular weight excluding hydrogens is 867 g/mol. The average Bonchev–Trinajstić information content (AvgIpc) is 3.22. The zero-order chi connectivity index (χ0) is 49.7. The predicted molar refractivity (Wildman–Crippen MR) is 241 cm³/mol. The number of hydrogen-bond acceptors (Lipinski definition) is 17. The van der Waals surface area contributed by atoms with Gasteiger partial charge in [0.05, 0.1) is 85.7 Å². The molecule has 19 atom stereocenters. The fourth-order valence-electron chi connectivity index (χ4n) is 7.62. The van der Waals surface area contributed by atoms with Crippen molar-refractivity contribution in [1.82, 2.24) is 0 Å². The van der Waals surface area contributed by atoms with Gasteiger partial charge in [-0.3, -0.25) is 9.59 Å². The summed E-state index contributed by atoms with van der Waals surface area (Å²) in [6.45, 7) is 6.84. The summed E-state index contributed by atoms with van der Waals surface area (Å²) in [4.78, 5) is 23.2. The number of aliphatic hydroxyl groups excluding tert-OH is 10. The van der Waals surface area contributed by atoms with Gasteiger partial charge in [-0.15, -0.1) is 0 Å². The molecule has 0 aromatic carbocycles. The molecule has 19 nitrogen and oxygen atoms in total. The molecule has 0 bridgehead atoms. The van der Waals surface area contributed by atoms with E-state index in [1.165, 1.54) is 13.0 Å². The van der Waals surface area contributed by atoms with Gasteiger partial charge < -0.3 is 86.3 Å². The second-order valence-electron chi connectivity index (χ2n) is 17.5. The van der Waals surface area contributed by atoms with Crippen molar-refractivity contribution in [2.45, 2.75) is 177 Å². The minimum Gasteiger partial charge on any atom is -0.481 e. The molecule has 0 aromatic heterocycles. The average molecular weight is 942 g/mol. The van der Waals surface area contributed by atoms with E-state index in [0.29, 0.717) is 0 Å². The first-order valence-corrected chi connectivity index (χ1v) is 22.4. The molecule has 376 valence electrons. The first-order chi connectivity index (χ1) is 31.0. The topological polar surface area (TPSA) is 351 Å². The van der Waals surface area contributed by atoms with Crippen LogP contribution in [0.5, 0.6) is 0 Å². The summed E-state index contributed by atoms with van der Waals surface area (Å²) in [5.74, 6) is -7.05. The van der Waals surface area contributed by atoms with Crippen LogP contribution in [0.25, 0.3) is 0 Å². The van der Waals surface area contributed by atoms with E-state index >= 15 is 0 Å². The molecule has 2 fully saturated rings. The predicted octanol–water partition coefficient (Wildman–Crippen LogP) is 0.232. The van der Waals surface area contributed by atoms with Crippen molar-refractivity contribution < 1.29 is 90.2 Å². The maximum absolute atomic E-state index is 12.4. The number of rotatable bonds is 28. The summed E-state index contributed by atoms with van der Waals surface area (Å²) in [5.41, 5.74) is 6.01. The molecule has 0 spiro atoms. The Morgan fingerprint density at radius 1 is 0.742 bits per heavy atom. The Morgan fingerprint density at radius 2 is 1.29 bits per heavy atom. The smallest absolute Gasteiger partial charge is 0.311 e. The number of aliphatic hydroxyl groups is 11. The molecule has 2 aliphatic rings. The monoisotopic (exact) mass is 941 g/mol. The summed E-state index contributed by atoms with van der Waals surface area (Å²) in [7, 11) is 0. The highest BCUT2D eigenvalue weighted by Crippen LogP contribution is 2.38. The second kappa shape index (κ2) is 29.4. The van der Waals surface area contributed by atoms with Crippen molar-refractivity contribution in [3.05, 3.63) is 85.1 Å². The van der Waals surface area contributed by atoms with Crippen molar-refractivity contribution in [2.75, 3.05) is 0 Å². The minimum absolute atomic E-state index is 0.115. The number of carboxylic acids is 2. The molecule has 5 unspecified atom stereocenters. The zero-order valence-electron chi connectivity index (χ0n) is 38.1. The van der Waals surface area contributed by atoms with Crippen LogP contribution in [0, 0.1) is 17.8 Å². The van der Waals surface area contributed by atoms with Crippen LogP contribution in [0.1, 0.15) is 79.1 Å². The van der Waals surface area contributed by atoms with Crippen LogP contribution < -0.4 is 5.73 Å². The highest BCUT2D eigenvalue weighted by molar-refractivity contribution is 5.71. The fourth-order valence-corrected chi connectivity index (χ4v) is 7.62. The van der Waals surface area contributed by atoms with Crippen LogP contribution in [0.3, 0.4) is 0 Å². The molecule has 2 rings (SSSR count). The fraction of sp³-hybridized carbons (Fsp3) is 0.660. The largest absolute Gasteiger partial charge is 0.481 e. The van der Waals surface area contributed by atoms with E-state index in [9.17, 15) is 70.9 Å². The van der Waals surface area contributed by atoms with Gasteiger partial charge in [0.2, 0.25) is 0 Å². The van der Waals surface area contributed by atoms with E-state index in [1.807, 2.05) is 43.4 Å². The lowest BCUT2D eigenvalue weighted by Crippen LogP contribution is -2.61. The molecule has 66 heavy (non-hydrogen) atoms. The van der Waals surface area contributed by atoms with E-state index in [1.54, 1.807) is 56.4 Å². The molecular formula is C47H75NO18. The Hall–Kier alpha value is -3.48. The Labute approximate surface area is 386 Å². The Morgan fingerprint density at radius 3 is 1.82 bits per heavy atom. The molecule has 0 aromatic rings. The molecule has 0 radical (unpaired) electrons. The Kier molecular flexibility index (Phi) is 26.1. The maximum atomic E-state index is 12.4. The third-order valence-corrected chi connectivity index (χ3v) is 11.7. The van der Waals surface area contributed by atoms with E-state index in [-0.39, 0.29) is 37.5 Å². The minimum atomic E-state index is -2.34. The van der Waals surface area contributed by atoms with Gasteiger partial charge in [-0.05, 0) is 33.1 Å². The van der Waals surface area contributed by atoms with Crippen molar-refractivity contribution in [1.29, 1.82) is 0 Å². The van der Waals surface area contributed by atoms with E-state index in [0.717, 1.165) is 0 Å². The number of hydrogen-bond donors (Lipinski definition) is 14. The zero-order valence-corrected chi connectivity index (χ0v) is 38.1. The molecule has 19 heteroatoms. The molecule has 2 aliphatic heterocycles. The van der Waals surface area contributed by atoms with Crippen molar-refractivity contribution >= 4 is 11.9 Å². The molecule has 0 amide bonds. The van der Waals surface area contributed by atoms with Crippen LogP contribution in [0.2, 0.25) is 0 Å². The normalized spacial score (nSPS) is 31.5. The summed E-state index contributed by atoms with van der Waals surface area (Å²) in [6, 6.07) is -1.16. The quantitative estimate of drug-likeness (QED) is 0.0467. The highest BCUT2D eigenvalue weighted by Gasteiger charge is 2.51. The Bertz CT molecular complexity index is 1650. The van der Waals surface area contributed by atoms with Gasteiger partial charge >= 0.3 is 11.9 Å². The van der Waals surface area contributed by atoms with Crippen molar-refractivity contribution in [2.24, 2.45) is 23.5 Å². The summed E-state index contributed by atoms with van der Waals surface area (Å²) < 4.78 is 17.6. The van der Waals surface area contributed by atoms with Crippen LogP contribution in [-0.4, -0.2) is 176 Å². The van der Waals surface area contributed by atoms with Crippen molar-refractivity contribution in [3.8, 4) is 0 Å². The van der Waals surface area contributed by atoms with Gasteiger partial charge in [0.25, 0.3) is 0 Å². The number of ether oxygens (including phenoxy) is 3. The number of carboxylic acid groups (broad SMARTS) is 2. The lowest BCUT2D eigenvalue weighted by atomic mass is 9.82. The van der Waals surface area contributed by atoms with Gasteiger partial charge in [-0.25, -0.2) is 0 Å². The first-order valence-electron chi connectivity index (χ1n) is 22.4. The van der Waals surface area contributed by atoms with Gasteiger partial charge in [0, 0.05) is 37.5 Å². The van der Waals surface area contributed by atoms with Crippen molar-refractivity contribution in [3.63, 3.8) is 0 Å². The van der Waals surface area contributed by atoms with Crippen LogP contribution >= 0.6 is 0 Å². The molecule has 0 aliphatic carbocycles. The van der Waals surface area contributed by atoms with Crippen LogP contribution in [0.4, 0.5) is 0 Å². The number of carbonyl (C=O) groups is 2. The molecule has 2 saturated heterocycles. The van der Waals surface area contributed by atoms with Crippen LogP contribution in [-0.2, 0) is 23.8 Å².